The number of aliphatic hydroxyl groups excluding tert-OH is 1. The second kappa shape index (κ2) is 80.3. The van der Waals surface area contributed by atoms with Gasteiger partial charge in [-0.2, -0.15) is 0 Å². The molecule has 0 bridgehead atoms. The van der Waals surface area contributed by atoms with E-state index in [1.54, 1.807) is 0 Å². The average Bonchev–Trinajstić information content (AvgIpc) is 0.900. The van der Waals surface area contributed by atoms with Crippen LogP contribution in [-0.4, -0.2) is 96.7 Å². The monoisotopic (exact) mass is 1580 g/mol. The third-order valence-corrected chi connectivity index (χ3v) is 23.2. The molecule has 0 heterocycles. The van der Waals surface area contributed by atoms with Gasteiger partial charge in [-0.15, -0.1) is 0 Å². The van der Waals surface area contributed by atoms with Crippen molar-refractivity contribution >= 4 is 39.5 Å². The van der Waals surface area contributed by atoms with Crippen LogP contribution in [0.15, 0.2) is 0 Å². The summed E-state index contributed by atoms with van der Waals surface area (Å²) in [7, 11) is -9.93. The maximum Gasteiger partial charge on any atom is 0.472 e. The topological polar surface area (TPSA) is 237 Å². The Labute approximate surface area is 664 Å². The molecule has 108 heavy (non-hydrogen) atoms. The van der Waals surface area contributed by atoms with Crippen molar-refractivity contribution in [1.82, 2.24) is 0 Å². The SMILES string of the molecule is CCCCCCCCCCCCCCCCCCCCCC(=O)OC[C@H](COP(=O)(O)OC[C@@H](O)COP(=O)(O)OC[C@@H](COC(=O)CCCCCCCCCCCC)OC(=O)CCCCCCCCCCCCCCCCC(C)CC)OC(=O)CCCCCCCCCCCCCCCCCCCCC(C)C. The highest BCUT2D eigenvalue weighted by atomic mass is 31.2. The number of esters is 4. The molecule has 0 aliphatic heterocycles. The van der Waals surface area contributed by atoms with E-state index >= 15 is 0 Å². The van der Waals surface area contributed by atoms with Gasteiger partial charge in [0.25, 0.3) is 0 Å². The van der Waals surface area contributed by atoms with E-state index in [0.29, 0.717) is 25.7 Å². The molecule has 0 radical (unpaired) electrons. The standard InChI is InChI=1S/C89H174O17P2/c1-7-10-12-14-16-18-20-21-22-23-24-28-31-37-42-48-54-60-66-72-87(92)100-78-85(106-88(93)73-67-61-55-49-43-38-32-29-26-25-27-30-35-40-45-51-57-63-69-81(4)5)80-104-108(97,98)102-76-83(90)75-101-107(95,96)103-79-84(77-99-86(91)71-65-59-53-47-19-17-15-13-11-8-2)105-89(94)74-68-62-56-50-44-39-34-33-36-41-46-52-58-64-70-82(6)9-3/h81-85,90H,7-80H2,1-6H3,(H,95,96)(H,97,98)/t82?,83-,84+,85+/m0/s1. The first-order valence-corrected chi connectivity index (χ1v) is 49.0. The number of phosphoric ester groups is 2. The van der Waals surface area contributed by atoms with E-state index in [-0.39, 0.29) is 25.7 Å². The summed E-state index contributed by atoms with van der Waals surface area (Å²) in [4.78, 5) is 73.3. The van der Waals surface area contributed by atoms with Crippen LogP contribution in [-0.2, 0) is 65.4 Å². The second-order valence-electron chi connectivity index (χ2n) is 32.7. The maximum absolute atomic E-state index is 13.2. The molecule has 0 aromatic heterocycles. The van der Waals surface area contributed by atoms with Gasteiger partial charge in [0.05, 0.1) is 26.4 Å². The summed E-state index contributed by atoms with van der Waals surface area (Å²) >= 11 is 0. The molecule has 0 saturated carbocycles. The zero-order chi connectivity index (χ0) is 79.2. The van der Waals surface area contributed by atoms with E-state index in [1.807, 2.05) is 0 Å². The summed E-state index contributed by atoms with van der Waals surface area (Å²) in [5, 5.41) is 10.7. The number of hydrogen-bond acceptors (Lipinski definition) is 15. The summed E-state index contributed by atoms with van der Waals surface area (Å²) in [6.45, 7) is 9.77. The van der Waals surface area contributed by atoms with Crippen LogP contribution < -0.4 is 0 Å². The predicted molar refractivity (Wildman–Crippen MR) is 446 cm³/mol. The van der Waals surface area contributed by atoms with Crippen LogP contribution in [0, 0.1) is 11.8 Å². The zero-order valence-corrected chi connectivity index (χ0v) is 73.0. The molecule has 642 valence electrons. The molecule has 0 aromatic rings. The van der Waals surface area contributed by atoms with Gasteiger partial charge >= 0.3 is 39.5 Å². The molecule has 0 spiro atoms. The van der Waals surface area contributed by atoms with Crippen molar-refractivity contribution in [2.75, 3.05) is 39.6 Å². The first kappa shape index (κ1) is 106. The van der Waals surface area contributed by atoms with Crippen LogP contribution in [0.5, 0.6) is 0 Å². The largest absolute Gasteiger partial charge is 0.472 e. The first-order valence-electron chi connectivity index (χ1n) is 46.0. The zero-order valence-electron chi connectivity index (χ0n) is 71.2. The van der Waals surface area contributed by atoms with Crippen molar-refractivity contribution in [3.63, 3.8) is 0 Å². The molecule has 0 fully saturated rings. The number of hydrogen-bond donors (Lipinski definition) is 3. The molecule has 19 heteroatoms. The Morgan fingerprint density at radius 3 is 0.704 bits per heavy atom. The quantitative estimate of drug-likeness (QED) is 0.0222. The number of rotatable bonds is 88. The van der Waals surface area contributed by atoms with Crippen molar-refractivity contribution in [3.8, 4) is 0 Å². The molecular weight excluding hydrogens is 1400 g/mol. The number of carbonyl (C=O) groups is 4. The lowest BCUT2D eigenvalue weighted by molar-refractivity contribution is -0.161. The lowest BCUT2D eigenvalue weighted by Gasteiger charge is -2.21. The smallest absolute Gasteiger partial charge is 0.462 e. The minimum absolute atomic E-state index is 0.108. The van der Waals surface area contributed by atoms with Gasteiger partial charge in [-0.05, 0) is 37.5 Å². The fraction of sp³-hybridized carbons (Fsp3) is 0.955. The highest BCUT2D eigenvalue weighted by Crippen LogP contribution is 2.45. The van der Waals surface area contributed by atoms with E-state index in [0.717, 1.165) is 102 Å². The van der Waals surface area contributed by atoms with Crippen LogP contribution in [0.2, 0.25) is 0 Å². The van der Waals surface area contributed by atoms with Crippen molar-refractivity contribution < 1.29 is 80.2 Å². The fourth-order valence-electron chi connectivity index (χ4n) is 13.9. The van der Waals surface area contributed by atoms with Gasteiger partial charge in [-0.25, -0.2) is 9.13 Å². The molecule has 17 nitrogen and oxygen atoms in total. The molecule has 0 amide bonds. The van der Waals surface area contributed by atoms with Crippen molar-refractivity contribution in [2.45, 2.75) is 496 Å². The molecule has 0 aromatic carbocycles. The molecule has 3 N–H and O–H groups in total. The summed E-state index contributed by atoms with van der Waals surface area (Å²) in [5.74, 6) is -0.431. The van der Waals surface area contributed by atoms with Crippen LogP contribution in [0.3, 0.4) is 0 Å². The lowest BCUT2D eigenvalue weighted by Crippen LogP contribution is -2.30. The molecule has 3 unspecified atom stereocenters. The molecular formula is C89H174O17P2. The molecule has 6 atom stereocenters. The highest BCUT2D eigenvalue weighted by Gasteiger charge is 2.31. The van der Waals surface area contributed by atoms with Crippen molar-refractivity contribution in [1.29, 1.82) is 0 Å². The van der Waals surface area contributed by atoms with Gasteiger partial charge in [0.2, 0.25) is 0 Å². The van der Waals surface area contributed by atoms with Crippen LogP contribution in [0.4, 0.5) is 0 Å². The summed E-state index contributed by atoms with van der Waals surface area (Å²) in [6, 6.07) is 0. The third kappa shape index (κ3) is 80.7. The lowest BCUT2D eigenvalue weighted by atomic mass is 9.99. The van der Waals surface area contributed by atoms with Gasteiger partial charge in [-0.1, -0.05) is 427 Å². The second-order valence-corrected chi connectivity index (χ2v) is 35.6. The van der Waals surface area contributed by atoms with Crippen LogP contribution in [0.25, 0.3) is 0 Å². The highest BCUT2D eigenvalue weighted by molar-refractivity contribution is 7.47. The Bertz CT molecular complexity index is 2070. The van der Waals surface area contributed by atoms with Gasteiger partial charge < -0.3 is 33.8 Å². The van der Waals surface area contributed by atoms with Crippen molar-refractivity contribution in [2.24, 2.45) is 11.8 Å². The molecule has 0 aliphatic rings. The Hall–Kier alpha value is -1.94. The predicted octanol–water partition coefficient (Wildman–Crippen LogP) is 27.4. The first-order chi connectivity index (χ1) is 52.4. The van der Waals surface area contributed by atoms with Gasteiger partial charge in [0, 0.05) is 25.7 Å². The van der Waals surface area contributed by atoms with E-state index < -0.39 is 97.5 Å². The number of ether oxygens (including phenoxy) is 4. The van der Waals surface area contributed by atoms with Gasteiger partial charge in [0.1, 0.15) is 19.3 Å². The number of carbonyl (C=O) groups excluding carboxylic acids is 4. The minimum atomic E-state index is -4.97. The number of unbranched alkanes of at least 4 members (excludes halogenated alkanes) is 57. The van der Waals surface area contributed by atoms with E-state index in [2.05, 4.69) is 41.5 Å². The Morgan fingerprint density at radius 1 is 0.269 bits per heavy atom. The summed E-state index contributed by atoms with van der Waals surface area (Å²) in [5.41, 5.74) is 0. The van der Waals surface area contributed by atoms with E-state index in [9.17, 15) is 43.2 Å². The minimum Gasteiger partial charge on any atom is -0.462 e. The Kier molecular flexibility index (Phi) is 78.8. The van der Waals surface area contributed by atoms with Crippen LogP contribution >= 0.6 is 15.6 Å². The third-order valence-electron chi connectivity index (χ3n) is 21.3. The van der Waals surface area contributed by atoms with Gasteiger partial charge in [-0.3, -0.25) is 37.3 Å². The molecule has 0 rings (SSSR count). The molecule has 0 aliphatic carbocycles. The number of aliphatic hydroxyl groups is 1. The number of phosphoric acid groups is 2. The fourth-order valence-corrected chi connectivity index (χ4v) is 15.5. The summed E-state index contributed by atoms with van der Waals surface area (Å²) < 4.78 is 69.0. The Balaban J connectivity index is 5.22. The summed E-state index contributed by atoms with van der Waals surface area (Å²) in [6.07, 6.45) is 73.6. The van der Waals surface area contributed by atoms with Gasteiger partial charge in [0.15, 0.2) is 12.2 Å². The van der Waals surface area contributed by atoms with E-state index in [1.165, 1.54) is 295 Å². The van der Waals surface area contributed by atoms with E-state index in [4.69, 9.17) is 37.0 Å². The molecule has 0 saturated heterocycles. The maximum atomic E-state index is 13.2. The average molecular weight is 1580 g/mol. The van der Waals surface area contributed by atoms with Crippen LogP contribution in [0.1, 0.15) is 478 Å². The Morgan fingerprint density at radius 2 is 0.472 bits per heavy atom. The normalized spacial score (nSPS) is 14.0. The van der Waals surface area contributed by atoms with Crippen molar-refractivity contribution in [3.05, 3.63) is 0 Å².